The smallest absolute Gasteiger partial charge is 0.337 e. The number of hydrogen-bond acceptors (Lipinski definition) is 5. The first-order chi connectivity index (χ1) is 12.4. The maximum atomic E-state index is 11.6. The molecule has 128 valence electrons. The van der Waals surface area contributed by atoms with Crippen LogP contribution in [0.5, 0.6) is 17.2 Å². The van der Waals surface area contributed by atoms with Gasteiger partial charge in [-0.2, -0.15) is 0 Å². The summed E-state index contributed by atoms with van der Waals surface area (Å²) in [4.78, 5) is 11.6. The molecule has 0 fully saturated rings. The maximum absolute atomic E-state index is 11.6. The summed E-state index contributed by atoms with van der Waals surface area (Å²) in [6, 6.07) is 11.6. The van der Waals surface area contributed by atoms with Gasteiger partial charge in [0, 0.05) is 6.42 Å². The molecule has 0 amide bonds. The lowest BCUT2D eigenvalue weighted by Gasteiger charge is -2.12. The third-order valence-corrected chi connectivity index (χ3v) is 3.28. The first-order valence-electron chi connectivity index (χ1n) is 8.55. The standard InChI is InChI=1S/C19H22O5/c1-4-23-16-8-5-14(6-9-16)11-12-24-17-10-7-15(19(20)22-3)13-18(17)21-2/h5-10,13H,4,11-12H2,1-3H3/i12D2. The lowest BCUT2D eigenvalue weighted by atomic mass is 10.1. The maximum Gasteiger partial charge on any atom is 0.337 e. The molecule has 0 aliphatic rings. The van der Waals surface area contributed by atoms with E-state index in [2.05, 4.69) is 4.74 Å². The molecule has 5 nitrogen and oxygen atoms in total. The van der Waals surface area contributed by atoms with Crippen LogP contribution in [0.3, 0.4) is 0 Å². The minimum absolute atomic E-state index is 0.0430. The van der Waals surface area contributed by atoms with E-state index in [0.29, 0.717) is 12.2 Å². The summed E-state index contributed by atoms with van der Waals surface area (Å²) in [5, 5.41) is 0. The average Bonchev–Trinajstić information content (AvgIpc) is 2.62. The summed E-state index contributed by atoms with van der Waals surface area (Å²) in [5.74, 6) is 0.685. The molecule has 0 N–H and O–H groups in total. The molecule has 0 aromatic heterocycles. The highest BCUT2D eigenvalue weighted by Crippen LogP contribution is 2.28. The predicted octanol–water partition coefficient (Wildman–Crippen LogP) is 3.50. The van der Waals surface area contributed by atoms with Crippen LogP contribution < -0.4 is 14.2 Å². The van der Waals surface area contributed by atoms with Crippen molar-refractivity contribution in [1.29, 1.82) is 0 Å². The number of aryl methyl sites for hydroxylation is 1. The van der Waals surface area contributed by atoms with Crippen LogP contribution in [0.2, 0.25) is 0 Å². The Bertz CT molecular complexity index is 744. The van der Waals surface area contributed by atoms with Gasteiger partial charge in [0.05, 0.1) is 35.7 Å². The second-order valence-corrected chi connectivity index (χ2v) is 4.86. The summed E-state index contributed by atoms with van der Waals surface area (Å²) in [7, 11) is 2.71. The molecule has 0 saturated heterocycles. The van der Waals surface area contributed by atoms with Crippen LogP contribution >= 0.6 is 0 Å². The van der Waals surface area contributed by atoms with Crippen molar-refractivity contribution < 1.29 is 26.5 Å². The first kappa shape index (κ1) is 14.9. The Morgan fingerprint density at radius 1 is 1.04 bits per heavy atom. The molecule has 2 aromatic carbocycles. The summed E-state index contributed by atoms with van der Waals surface area (Å²) in [6.45, 7) is 0.511. The minimum atomic E-state index is -1.97. The van der Waals surface area contributed by atoms with Crippen molar-refractivity contribution in [2.75, 3.05) is 27.4 Å². The van der Waals surface area contributed by atoms with E-state index < -0.39 is 12.5 Å². The lowest BCUT2D eigenvalue weighted by molar-refractivity contribution is 0.0600. The monoisotopic (exact) mass is 332 g/mol. The zero-order valence-electron chi connectivity index (χ0n) is 16.0. The van der Waals surface area contributed by atoms with Crippen LogP contribution in [-0.2, 0) is 11.2 Å². The number of esters is 1. The van der Waals surface area contributed by atoms with E-state index in [1.807, 2.05) is 6.92 Å². The van der Waals surface area contributed by atoms with Gasteiger partial charge in [-0.05, 0) is 42.8 Å². The molecular weight excluding hydrogens is 308 g/mol. The van der Waals surface area contributed by atoms with Crippen LogP contribution in [-0.4, -0.2) is 33.4 Å². The molecular formula is C19H22O5. The van der Waals surface area contributed by atoms with Crippen LogP contribution in [0.15, 0.2) is 42.5 Å². The second-order valence-electron chi connectivity index (χ2n) is 4.86. The van der Waals surface area contributed by atoms with Gasteiger partial charge < -0.3 is 18.9 Å². The van der Waals surface area contributed by atoms with Crippen molar-refractivity contribution in [3.8, 4) is 17.2 Å². The highest BCUT2D eigenvalue weighted by atomic mass is 16.5. The number of rotatable bonds is 8. The molecule has 0 aliphatic carbocycles. The molecule has 0 bridgehead atoms. The van der Waals surface area contributed by atoms with E-state index in [-0.39, 0.29) is 17.9 Å². The quantitative estimate of drug-likeness (QED) is 0.693. The van der Waals surface area contributed by atoms with E-state index >= 15 is 0 Å². The summed E-state index contributed by atoms with van der Waals surface area (Å²) in [6.07, 6.45) is 0.0430. The van der Waals surface area contributed by atoms with Gasteiger partial charge in [0.1, 0.15) is 5.75 Å². The lowest BCUT2D eigenvalue weighted by Crippen LogP contribution is -2.05. The van der Waals surface area contributed by atoms with E-state index in [4.69, 9.17) is 17.0 Å². The number of ether oxygens (including phenoxy) is 4. The third kappa shape index (κ3) is 4.65. The van der Waals surface area contributed by atoms with Gasteiger partial charge in [-0.25, -0.2) is 4.79 Å². The van der Waals surface area contributed by atoms with E-state index in [9.17, 15) is 4.79 Å². The largest absolute Gasteiger partial charge is 0.494 e. The van der Waals surface area contributed by atoms with Gasteiger partial charge in [-0.15, -0.1) is 0 Å². The SMILES string of the molecule is [2H]C([2H])(Cc1ccc(OCC)cc1)Oc1ccc(C(=O)OC)cc1OC. The van der Waals surface area contributed by atoms with Crippen LogP contribution in [0.1, 0.15) is 25.6 Å². The van der Waals surface area contributed by atoms with Crippen molar-refractivity contribution in [3.63, 3.8) is 0 Å². The van der Waals surface area contributed by atoms with Crippen molar-refractivity contribution in [1.82, 2.24) is 0 Å². The molecule has 5 heteroatoms. The normalized spacial score (nSPS) is 12.0. The fraction of sp³-hybridized carbons (Fsp3) is 0.316. The van der Waals surface area contributed by atoms with Gasteiger partial charge in [0.25, 0.3) is 0 Å². The fourth-order valence-corrected chi connectivity index (χ4v) is 2.06. The Hall–Kier alpha value is -2.69. The zero-order chi connectivity index (χ0) is 19.2. The number of hydrogen-bond donors (Lipinski definition) is 0. The molecule has 2 rings (SSSR count). The van der Waals surface area contributed by atoms with Gasteiger partial charge >= 0.3 is 5.97 Å². The van der Waals surface area contributed by atoms with Gasteiger partial charge in [-0.1, -0.05) is 12.1 Å². The minimum Gasteiger partial charge on any atom is -0.494 e. The van der Waals surface area contributed by atoms with Crippen molar-refractivity contribution in [2.45, 2.75) is 13.3 Å². The zero-order valence-corrected chi connectivity index (χ0v) is 14.0. The summed E-state index contributed by atoms with van der Waals surface area (Å²) < 4.78 is 37.0. The number of carbonyl (C=O) groups excluding carboxylic acids is 1. The van der Waals surface area contributed by atoms with Crippen molar-refractivity contribution >= 4 is 5.97 Å². The highest BCUT2D eigenvalue weighted by molar-refractivity contribution is 5.90. The molecule has 0 spiro atoms. The second kappa shape index (κ2) is 8.82. The predicted molar refractivity (Wildman–Crippen MR) is 91.1 cm³/mol. The highest BCUT2D eigenvalue weighted by Gasteiger charge is 2.11. The molecule has 0 radical (unpaired) electrons. The van der Waals surface area contributed by atoms with E-state index in [1.54, 1.807) is 24.3 Å². The topological polar surface area (TPSA) is 54.0 Å². The van der Waals surface area contributed by atoms with Crippen LogP contribution in [0.4, 0.5) is 0 Å². The number of carbonyl (C=O) groups is 1. The Balaban J connectivity index is 2.13. The number of methoxy groups -OCH3 is 2. The Labute approximate surface area is 144 Å². The molecule has 2 aromatic rings. The fourth-order valence-electron chi connectivity index (χ4n) is 2.06. The Morgan fingerprint density at radius 3 is 2.42 bits per heavy atom. The van der Waals surface area contributed by atoms with E-state index in [1.165, 1.54) is 32.4 Å². The average molecular weight is 332 g/mol. The molecule has 0 saturated carbocycles. The number of benzene rings is 2. The van der Waals surface area contributed by atoms with Crippen molar-refractivity contribution in [2.24, 2.45) is 0 Å². The first-order valence-corrected chi connectivity index (χ1v) is 7.55. The van der Waals surface area contributed by atoms with Crippen LogP contribution in [0.25, 0.3) is 0 Å². The van der Waals surface area contributed by atoms with Crippen LogP contribution in [0, 0.1) is 0 Å². The van der Waals surface area contributed by atoms with Gasteiger partial charge in [0.15, 0.2) is 11.5 Å². The van der Waals surface area contributed by atoms with Gasteiger partial charge in [-0.3, -0.25) is 0 Å². The summed E-state index contributed by atoms with van der Waals surface area (Å²) in [5.41, 5.74) is 1.06. The van der Waals surface area contributed by atoms with Crippen molar-refractivity contribution in [3.05, 3.63) is 53.6 Å². The Morgan fingerprint density at radius 2 is 1.79 bits per heavy atom. The summed E-state index contributed by atoms with van der Waals surface area (Å²) >= 11 is 0. The van der Waals surface area contributed by atoms with Gasteiger partial charge in [0.2, 0.25) is 0 Å². The molecule has 0 heterocycles. The molecule has 0 aliphatic heterocycles. The van der Waals surface area contributed by atoms with E-state index in [0.717, 1.165) is 11.3 Å². The third-order valence-electron chi connectivity index (χ3n) is 3.28. The molecule has 24 heavy (non-hydrogen) atoms. The Kier molecular flexibility index (Phi) is 5.46. The molecule has 0 atom stereocenters. The molecule has 0 unspecified atom stereocenters.